The van der Waals surface area contributed by atoms with Crippen molar-refractivity contribution in [3.8, 4) is 11.5 Å². The normalized spacial score (nSPS) is 14.5. The molecule has 0 aliphatic carbocycles. The molecule has 1 N–H and O–H groups in total. The third-order valence-electron chi connectivity index (χ3n) is 8.19. The molecule has 0 spiro atoms. The highest BCUT2D eigenvalue weighted by molar-refractivity contribution is 6.30. The zero-order valence-corrected chi connectivity index (χ0v) is 25.5. The molecular weight excluding hydrogens is 572 g/mol. The number of allylic oxidation sites excluding steroid dienone is 4. The molecule has 7 heteroatoms. The largest absolute Gasteiger partial charge is 0.497 e. The smallest absolute Gasteiger partial charge is 0.415 e. The number of methoxy groups -OCH3 is 1. The van der Waals surface area contributed by atoms with E-state index in [1.807, 2.05) is 72.8 Å². The number of hydrogen-bond acceptors (Lipinski definition) is 4. The molecule has 1 heterocycles. The molecule has 6 nitrogen and oxygen atoms in total. The molecule has 4 aromatic rings. The van der Waals surface area contributed by atoms with E-state index < -0.39 is 11.5 Å². The Hall–Kier alpha value is -4.81. The fourth-order valence-corrected chi connectivity index (χ4v) is 5.75. The van der Waals surface area contributed by atoms with Gasteiger partial charge in [0, 0.05) is 24.7 Å². The molecule has 0 atom stereocenters. The van der Waals surface area contributed by atoms with Crippen molar-refractivity contribution < 1.29 is 19.1 Å². The Labute approximate surface area is 263 Å². The summed E-state index contributed by atoms with van der Waals surface area (Å²) >= 11 is 6.18. The SMILES string of the molecule is C=C/C=C(\C=C)c1ccc(CNC(=O)C2(c3ccc(Cl)cc3)CCN(C(=O)Oc3ccc4ccc(OC)cc4c3)CC2)cc1. The number of nitrogens with one attached hydrogen (secondary N) is 1. The van der Waals surface area contributed by atoms with Crippen molar-refractivity contribution >= 4 is 39.9 Å². The molecule has 1 aliphatic rings. The van der Waals surface area contributed by atoms with Crippen molar-refractivity contribution in [1.29, 1.82) is 0 Å². The second-order valence-electron chi connectivity index (χ2n) is 10.8. The highest BCUT2D eigenvalue weighted by Gasteiger charge is 2.44. The standard InChI is InChI=1S/C37H35ClN2O4/c1-4-6-27(5-2)28-9-7-26(8-10-28)25-39-35(41)37(31-13-15-32(38)16-14-31)19-21-40(22-20-37)36(42)44-34-18-12-29-11-17-33(43-3)23-30(29)24-34/h4-18,23-24H,1-2,19-22,25H2,3H3,(H,39,41)/b27-6+. The number of carbonyl (C=O) groups is 2. The van der Waals surface area contributed by atoms with Gasteiger partial charge in [0.05, 0.1) is 12.5 Å². The van der Waals surface area contributed by atoms with E-state index in [0.29, 0.717) is 43.2 Å². The second kappa shape index (κ2) is 13.7. The lowest BCUT2D eigenvalue weighted by Gasteiger charge is -2.40. The van der Waals surface area contributed by atoms with Crippen LogP contribution < -0.4 is 14.8 Å². The van der Waals surface area contributed by atoms with E-state index in [9.17, 15) is 9.59 Å². The molecule has 0 aromatic heterocycles. The van der Waals surface area contributed by atoms with Crippen LogP contribution in [0.3, 0.4) is 0 Å². The van der Waals surface area contributed by atoms with Crippen molar-refractivity contribution in [2.45, 2.75) is 24.8 Å². The molecule has 1 saturated heterocycles. The predicted molar refractivity (Wildman–Crippen MR) is 177 cm³/mol. The molecule has 0 saturated carbocycles. The summed E-state index contributed by atoms with van der Waals surface area (Å²) in [5.41, 5.74) is 3.03. The number of piperidine rings is 1. The Bertz CT molecular complexity index is 1700. The highest BCUT2D eigenvalue weighted by atomic mass is 35.5. The molecule has 0 bridgehead atoms. The number of amides is 2. The average molecular weight is 607 g/mol. The molecule has 5 rings (SSSR count). The van der Waals surface area contributed by atoms with Crippen molar-refractivity contribution in [3.05, 3.63) is 138 Å². The van der Waals surface area contributed by atoms with Crippen molar-refractivity contribution in [3.63, 3.8) is 0 Å². The summed E-state index contributed by atoms with van der Waals surface area (Å²) in [5.74, 6) is 1.10. The van der Waals surface area contributed by atoms with Crippen LogP contribution in [-0.4, -0.2) is 37.1 Å². The van der Waals surface area contributed by atoms with E-state index in [1.54, 1.807) is 42.4 Å². The summed E-state index contributed by atoms with van der Waals surface area (Å²) in [6, 6.07) is 26.7. The minimum atomic E-state index is -0.816. The Kier molecular flexibility index (Phi) is 9.51. The summed E-state index contributed by atoms with van der Waals surface area (Å²) in [5, 5.41) is 5.68. The number of fused-ring (bicyclic) bond motifs is 1. The van der Waals surface area contributed by atoms with Crippen LogP contribution in [0.2, 0.25) is 5.02 Å². The number of benzene rings is 4. The first kappa shape index (κ1) is 30.6. The van der Waals surface area contributed by atoms with Crippen LogP contribution in [0.15, 0.2) is 116 Å². The van der Waals surface area contributed by atoms with Crippen LogP contribution in [0.4, 0.5) is 4.79 Å². The van der Waals surface area contributed by atoms with Gasteiger partial charge in [-0.1, -0.05) is 91.5 Å². The highest BCUT2D eigenvalue weighted by Crippen LogP contribution is 2.37. The van der Waals surface area contributed by atoms with Crippen LogP contribution in [0, 0.1) is 0 Å². The van der Waals surface area contributed by atoms with Gasteiger partial charge in [-0.3, -0.25) is 4.79 Å². The summed E-state index contributed by atoms with van der Waals surface area (Å²) in [4.78, 5) is 28.7. The molecule has 1 fully saturated rings. The lowest BCUT2D eigenvalue weighted by Crippen LogP contribution is -2.53. The van der Waals surface area contributed by atoms with Crippen LogP contribution >= 0.6 is 11.6 Å². The zero-order valence-electron chi connectivity index (χ0n) is 24.7. The van der Waals surface area contributed by atoms with Gasteiger partial charge in [0.1, 0.15) is 11.5 Å². The third kappa shape index (κ3) is 6.71. The molecule has 224 valence electrons. The number of likely N-dealkylation sites (tertiary alicyclic amines) is 1. The maximum atomic E-state index is 13.9. The van der Waals surface area contributed by atoms with Gasteiger partial charge in [-0.25, -0.2) is 4.79 Å². The van der Waals surface area contributed by atoms with E-state index in [0.717, 1.165) is 38.8 Å². The molecule has 0 unspecified atom stereocenters. The molecule has 44 heavy (non-hydrogen) atoms. The van der Waals surface area contributed by atoms with Crippen LogP contribution in [-0.2, 0) is 16.8 Å². The van der Waals surface area contributed by atoms with Gasteiger partial charge in [-0.05, 0) is 82.3 Å². The fourth-order valence-electron chi connectivity index (χ4n) is 5.62. The number of ether oxygens (including phenoxy) is 2. The summed E-state index contributed by atoms with van der Waals surface area (Å²) in [6.45, 7) is 8.73. The fraction of sp³-hybridized carbons (Fsp3) is 0.189. The first-order valence-corrected chi connectivity index (χ1v) is 14.9. The topological polar surface area (TPSA) is 67.9 Å². The van der Waals surface area contributed by atoms with E-state index in [-0.39, 0.29) is 5.91 Å². The second-order valence-corrected chi connectivity index (χ2v) is 11.2. The first-order valence-electron chi connectivity index (χ1n) is 14.5. The monoisotopic (exact) mass is 606 g/mol. The minimum Gasteiger partial charge on any atom is -0.497 e. The summed E-state index contributed by atoms with van der Waals surface area (Å²) in [6.07, 6.45) is 5.86. The van der Waals surface area contributed by atoms with Gasteiger partial charge in [0.2, 0.25) is 5.91 Å². The van der Waals surface area contributed by atoms with Gasteiger partial charge in [-0.2, -0.15) is 0 Å². The van der Waals surface area contributed by atoms with E-state index in [1.165, 1.54) is 0 Å². The maximum absolute atomic E-state index is 13.9. The van der Waals surface area contributed by atoms with E-state index in [4.69, 9.17) is 21.1 Å². The number of rotatable bonds is 9. The van der Waals surface area contributed by atoms with Gasteiger partial charge in [0.25, 0.3) is 0 Å². The van der Waals surface area contributed by atoms with Gasteiger partial charge in [-0.15, -0.1) is 0 Å². The molecule has 2 amide bonds. The Morgan fingerprint density at radius 3 is 2.20 bits per heavy atom. The maximum Gasteiger partial charge on any atom is 0.415 e. The predicted octanol–water partition coefficient (Wildman–Crippen LogP) is 8.11. The van der Waals surface area contributed by atoms with Crippen LogP contribution in [0.5, 0.6) is 11.5 Å². The molecular formula is C37H35ClN2O4. The zero-order chi connectivity index (χ0) is 31.1. The lowest BCUT2D eigenvalue weighted by molar-refractivity contribution is -0.128. The van der Waals surface area contributed by atoms with Crippen molar-refractivity contribution in [2.24, 2.45) is 0 Å². The third-order valence-corrected chi connectivity index (χ3v) is 8.44. The number of hydrogen-bond donors (Lipinski definition) is 1. The molecule has 0 radical (unpaired) electrons. The van der Waals surface area contributed by atoms with E-state index >= 15 is 0 Å². The Morgan fingerprint density at radius 1 is 0.909 bits per heavy atom. The van der Waals surface area contributed by atoms with Gasteiger partial charge >= 0.3 is 6.09 Å². The van der Waals surface area contributed by atoms with Crippen LogP contribution in [0.1, 0.15) is 29.5 Å². The lowest BCUT2D eigenvalue weighted by atomic mass is 9.72. The first-order chi connectivity index (χ1) is 21.3. The summed E-state index contributed by atoms with van der Waals surface area (Å²) < 4.78 is 11.1. The quantitative estimate of drug-likeness (QED) is 0.195. The minimum absolute atomic E-state index is 0.0845. The molecule has 4 aromatic carbocycles. The van der Waals surface area contributed by atoms with E-state index in [2.05, 4.69) is 18.5 Å². The van der Waals surface area contributed by atoms with Crippen LogP contribution in [0.25, 0.3) is 16.3 Å². The number of halogens is 1. The van der Waals surface area contributed by atoms with Crippen molar-refractivity contribution in [2.75, 3.05) is 20.2 Å². The number of carbonyl (C=O) groups excluding carboxylic acids is 2. The Morgan fingerprint density at radius 2 is 1.57 bits per heavy atom. The molecule has 1 aliphatic heterocycles. The Balaban J connectivity index is 1.28. The van der Waals surface area contributed by atoms with Crippen molar-refractivity contribution in [1.82, 2.24) is 10.2 Å². The van der Waals surface area contributed by atoms with Gasteiger partial charge < -0.3 is 19.7 Å². The number of nitrogens with zero attached hydrogens (tertiary/aromatic N) is 1. The average Bonchev–Trinajstić information content (AvgIpc) is 3.06. The van der Waals surface area contributed by atoms with Gasteiger partial charge in [0.15, 0.2) is 0 Å². The summed E-state index contributed by atoms with van der Waals surface area (Å²) in [7, 11) is 1.62.